The normalized spacial score (nSPS) is 10.8. The fourth-order valence-corrected chi connectivity index (χ4v) is 2.67. The second-order valence-electron chi connectivity index (χ2n) is 4.31. The Morgan fingerprint density at radius 3 is 2.81 bits per heavy atom. The molecule has 2 aromatic heterocycles. The third kappa shape index (κ3) is 2.53. The molecule has 106 valence electrons. The Labute approximate surface area is 128 Å². The average molecular weight is 321 g/mol. The number of rotatable bonds is 3. The van der Waals surface area contributed by atoms with Crippen molar-refractivity contribution in [1.82, 2.24) is 13.7 Å². The first-order chi connectivity index (χ1) is 10.1. The van der Waals surface area contributed by atoms with Gasteiger partial charge >= 0.3 is 5.97 Å². The van der Waals surface area contributed by atoms with Crippen LogP contribution in [-0.4, -0.2) is 24.8 Å². The Kier molecular flexibility index (Phi) is 3.44. The molecule has 8 heteroatoms. The van der Waals surface area contributed by atoms with Crippen LogP contribution in [0.25, 0.3) is 11.0 Å². The van der Waals surface area contributed by atoms with Gasteiger partial charge in [-0.2, -0.15) is 8.75 Å². The standard InChI is InChI=1S/C13H9ClN4O2S/c1-6-7(13(19)20)2-5-10(15-6)16-11-8(14)3-4-9-12(11)18-21-17-9/h2-5H,1H3,(H,15,16)(H,19,20). The van der Waals surface area contributed by atoms with Crippen LogP contribution < -0.4 is 5.32 Å². The van der Waals surface area contributed by atoms with E-state index in [0.717, 1.165) is 17.2 Å². The van der Waals surface area contributed by atoms with Crippen molar-refractivity contribution in [2.75, 3.05) is 5.32 Å². The molecule has 0 aliphatic carbocycles. The SMILES string of the molecule is Cc1nc(Nc2c(Cl)ccc3nsnc23)ccc1C(=O)O. The Hall–Kier alpha value is -2.25. The molecule has 0 aliphatic heterocycles. The summed E-state index contributed by atoms with van der Waals surface area (Å²) in [6.07, 6.45) is 0. The van der Waals surface area contributed by atoms with Gasteiger partial charge in [0.15, 0.2) is 0 Å². The van der Waals surface area contributed by atoms with E-state index in [1.807, 2.05) is 0 Å². The molecule has 2 heterocycles. The van der Waals surface area contributed by atoms with Crippen molar-refractivity contribution in [2.24, 2.45) is 0 Å². The number of anilines is 2. The summed E-state index contributed by atoms with van der Waals surface area (Å²) in [5, 5.41) is 12.6. The van der Waals surface area contributed by atoms with Crippen molar-refractivity contribution < 1.29 is 9.90 Å². The number of aryl methyl sites for hydroxylation is 1. The number of nitrogens with one attached hydrogen (secondary N) is 1. The highest BCUT2D eigenvalue weighted by atomic mass is 35.5. The zero-order valence-corrected chi connectivity index (χ0v) is 12.4. The Morgan fingerprint density at radius 1 is 1.29 bits per heavy atom. The number of carboxylic acid groups (broad SMARTS) is 1. The Bertz CT molecular complexity index is 849. The lowest BCUT2D eigenvalue weighted by Crippen LogP contribution is -2.04. The molecule has 0 radical (unpaired) electrons. The maximum atomic E-state index is 11.0. The smallest absolute Gasteiger partial charge is 0.337 e. The molecule has 0 aliphatic rings. The first-order valence-electron chi connectivity index (χ1n) is 5.95. The topological polar surface area (TPSA) is 88.0 Å². The summed E-state index contributed by atoms with van der Waals surface area (Å²) in [5.41, 5.74) is 2.60. The minimum atomic E-state index is -1.00. The predicted molar refractivity (Wildman–Crippen MR) is 81.6 cm³/mol. The first-order valence-corrected chi connectivity index (χ1v) is 7.06. The van der Waals surface area contributed by atoms with Crippen molar-refractivity contribution in [1.29, 1.82) is 0 Å². The molecule has 3 rings (SSSR count). The molecule has 0 bridgehead atoms. The largest absolute Gasteiger partial charge is 0.478 e. The highest BCUT2D eigenvalue weighted by molar-refractivity contribution is 7.00. The Morgan fingerprint density at radius 2 is 2.10 bits per heavy atom. The zero-order valence-electron chi connectivity index (χ0n) is 10.8. The summed E-state index contributed by atoms with van der Waals surface area (Å²) < 4.78 is 8.36. The molecule has 0 saturated heterocycles. The number of aromatic nitrogens is 3. The van der Waals surface area contributed by atoms with Crippen LogP contribution >= 0.6 is 23.3 Å². The average Bonchev–Trinajstić information content (AvgIpc) is 2.90. The molecule has 2 N–H and O–H groups in total. The third-order valence-electron chi connectivity index (χ3n) is 2.95. The molecule has 1 aromatic carbocycles. The second-order valence-corrected chi connectivity index (χ2v) is 5.25. The van der Waals surface area contributed by atoms with Crippen LogP contribution in [-0.2, 0) is 0 Å². The number of carboxylic acids is 1. The van der Waals surface area contributed by atoms with Crippen LogP contribution in [0.4, 0.5) is 11.5 Å². The minimum Gasteiger partial charge on any atom is -0.478 e. The van der Waals surface area contributed by atoms with E-state index >= 15 is 0 Å². The summed E-state index contributed by atoms with van der Waals surface area (Å²) in [7, 11) is 0. The molecule has 3 aromatic rings. The van der Waals surface area contributed by atoms with E-state index in [1.54, 1.807) is 25.1 Å². The van der Waals surface area contributed by atoms with Crippen LogP contribution in [0.15, 0.2) is 24.3 Å². The monoisotopic (exact) mass is 320 g/mol. The first kappa shape index (κ1) is 13.7. The van der Waals surface area contributed by atoms with Gasteiger partial charge in [-0.15, -0.1) is 0 Å². The molecular weight excluding hydrogens is 312 g/mol. The molecule has 0 unspecified atom stereocenters. The Balaban J connectivity index is 2.03. The van der Waals surface area contributed by atoms with Crippen molar-refractivity contribution in [3.05, 3.63) is 40.5 Å². The number of halogens is 1. The van der Waals surface area contributed by atoms with E-state index in [9.17, 15) is 4.79 Å². The summed E-state index contributed by atoms with van der Waals surface area (Å²) >= 11 is 7.28. The maximum Gasteiger partial charge on any atom is 0.337 e. The number of hydrogen-bond acceptors (Lipinski definition) is 6. The highest BCUT2D eigenvalue weighted by Gasteiger charge is 2.13. The zero-order chi connectivity index (χ0) is 15.0. The van der Waals surface area contributed by atoms with Gasteiger partial charge in [0.1, 0.15) is 16.9 Å². The van der Waals surface area contributed by atoms with Gasteiger partial charge in [0.05, 0.1) is 33.7 Å². The lowest BCUT2D eigenvalue weighted by atomic mass is 10.2. The second kappa shape index (κ2) is 5.27. The van der Waals surface area contributed by atoms with Gasteiger partial charge in [0, 0.05) is 0 Å². The van der Waals surface area contributed by atoms with Crippen molar-refractivity contribution in [3.63, 3.8) is 0 Å². The summed E-state index contributed by atoms with van der Waals surface area (Å²) in [4.78, 5) is 15.2. The van der Waals surface area contributed by atoms with Gasteiger partial charge in [0.2, 0.25) is 0 Å². The molecule has 0 fully saturated rings. The van der Waals surface area contributed by atoms with Crippen LogP contribution in [0.2, 0.25) is 5.02 Å². The van der Waals surface area contributed by atoms with Crippen LogP contribution in [0.3, 0.4) is 0 Å². The molecule has 0 atom stereocenters. The lowest BCUT2D eigenvalue weighted by molar-refractivity contribution is 0.0695. The predicted octanol–water partition coefficient (Wildman–Crippen LogP) is 3.49. The van der Waals surface area contributed by atoms with Gasteiger partial charge in [0.25, 0.3) is 0 Å². The summed E-state index contributed by atoms with van der Waals surface area (Å²) in [6.45, 7) is 1.64. The summed E-state index contributed by atoms with van der Waals surface area (Å²) in [6, 6.07) is 6.61. The number of carbonyl (C=O) groups is 1. The van der Waals surface area contributed by atoms with Crippen molar-refractivity contribution in [3.8, 4) is 0 Å². The van der Waals surface area contributed by atoms with E-state index < -0.39 is 5.97 Å². The summed E-state index contributed by atoms with van der Waals surface area (Å²) in [5.74, 6) is -0.504. The van der Waals surface area contributed by atoms with Crippen LogP contribution in [0, 0.1) is 6.92 Å². The van der Waals surface area contributed by atoms with E-state index in [1.165, 1.54) is 6.07 Å². The number of pyridine rings is 1. The van der Waals surface area contributed by atoms with Gasteiger partial charge in [-0.05, 0) is 31.2 Å². The highest BCUT2D eigenvalue weighted by Crippen LogP contribution is 2.32. The minimum absolute atomic E-state index is 0.167. The molecule has 21 heavy (non-hydrogen) atoms. The molecule has 0 saturated carbocycles. The quantitative estimate of drug-likeness (QED) is 0.768. The number of benzene rings is 1. The fourth-order valence-electron chi connectivity index (χ4n) is 1.93. The molecule has 0 amide bonds. The van der Waals surface area contributed by atoms with Gasteiger partial charge in [-0.1, -0.05) is 11.6 Å². The molecule has 6 nitrogen and oxygen atoms in total. The third-order valence-corrected chi connectivity index (χ3v) is 3.80. The molecule has 0 spiro atoms. The number of fused-ring (bicyclic) bond motifs is 1. The van der Waals surface area contributed by atoms with Crippen LogP contribution in [0.5, 0.6) is 0 Å². The van der Waals surface area contributed by atoms with Crippen molar-refractivity contribution >= 4 is 51.8 Å². The van der Waals surface area contributed by atoms with Gasteiger partial charge in [-0.25, -0.2) is 9.78 Å². The van der Waals surface area contributed by atoms with Crippen molar-refractivity contribution in [2.45, 2.75) is 6.92 Å². The van der Waals surface area contributed by atoms with Crippen LogP contribution in [0.1, 0.15) is 16.1 Å². The van der Waals surface area contributed by atoms with E-state index in [2.05, 4.69) is 19.0 Å². The van der Waals surface area contributed by atoms with Gasteiger partial charge in [-0.3, -0.25) is 0 Å². The van der Waals surface area contributed by atoms with E-state index in [-0.39, 0.29) is 5.56 Å². The lowest BCUT2D eigenvalue weighted by Gasteiger charge is -2.09. The fraction of sp³-hybridized carbons (Fsp3) is 0.0769. The van der Waals surface area contributed by atoms with Gasteiger partial charge < -0.3 is 10.4 Å². The number of aromatic carboxylic acids is 1. The van der Waals surface area contributed by atoms with E-state index in [0.29, 0.717) is 27.7 Å². The van der Waals surface area contributed by atoms with E-state index in [4.69, 9.17) is 16.7 Å². The molecular formula is C13H9ClN4O2S. The number of nitrogens with zero attached hydrogens (tertiary/aromatic N) is 3. The maximum absolute atomic E-state index is 11.0. The number of hydrogen-bond donors (Lipinski definition) is 2.